The average molecular weight is 194 g/mol. The summed E-state index contributed by atoms with van der Waals surface area (Å²) in [7, 11) is 0. The monoisotopic (exact) mass is 194 g/mol. The van der Waals surface area contributed by atoms with E-state index in [-0.39, 0.29) is 12.4 Å². The van der Waals surface area contributed by atoms with Crippen molar-refractivity contribution in [3.63, 3.8) is 0 Å². The van der Waals surface area contributed by atoms with Gasteiger partial charge in [0.1, 0.15) is 5.82 Å². The van der Waals surface area contributed by atoms with Crippen LogP contribution in [0.1, 0.15) is 5.56 Å². The molecule has 0 aromatic heterocycles. The van der Waals surface area contributed by atoms with Gasteiger partial charge in [0.05, 0.1) is 12.2 Å². The molecule has 0 saturated carbocycles. The first-order valence-electron chi connectivity index (χ1n) is 4.36. The quantitative estimate of drug-likeness (QED) is 0.724. The van der Waals surface area contributed by atoms with Crippen molar-refractivity contribution in [1.29, 1.82) is 0 Å². The lowest BCUT2D eigenvalue weighted by Crippen LogP contribution is -2.28. The molecule has 1 aliphatic rings. The number of hydrogen-bond acceptors (Lipinski definition) is 4. The second kappa shape index (κ2) is 3.73. The predicted octanol–water partition coefficient (Wildman–Crippen LogP) is 0.595. The number of hydrazine groups is 1. The van der Waals surface area contributed by atoms with Gasteiger partial charge in [-0.1, -0.05) is 6.07 Å². The largest absolute Gasteiger partial charge is 0.326 e. The van der Waals surface area contributed by atoms with Crippen LogP contribution in [0.4, 0.5) is 10.1 Å². The van der Waals surface area contributed by atoms with Crippen LogP contribution in [0.5, 0.6) is 0 Å². The fraction of sp³-hybridized carbons (Fsp3) is 0.222. The molecule has 1 aromatic rings. The normalized spacial score (nSPS) is 15.1. The van der Waals surface area contributed by atoms with Crippen LogP contribution in [0.3, 0.4) is 0 Å². The summed E-state index contributed by atoms with van der Waals surface area (Å²) in [4.78, 5) is 0. The molecule has 0 unspecified atom stereocenters. The molecule has 0 fully saturated rings. The molecule has 0 radical (unpaired) electrons. The van der Waals surface area contributed by atoms with Crippen LogP contribution in [-0.4, -0.2) is 12.8 Å². The zero-order valence-electron chi connectivity index (χ0n) is 7.57. The van der Waals surface area contributed by atoms with Crippen LogP contribution in [0.25, 0.3) is 0 Å². The van der Waals surface area contributed by atoms with Gasteiger partial charge >= 0.3 is 0 Å². The van der Waals surface area contributed by atoms with E-state index in [1.807, 2.05) is 0 Å². The number of nitrogens with zero attached hydrogens (tertiary/aromatic N) is 2. The summed E-state index contributed by atoms with van der Waals surface area (Å²) in [6.45, 7) is 0.878. The van der Waals surface area contributed by atoms with Crippen LogP contribution >= 0.6 is 0 Å². The highest BCUT2D eigenvalue weighted by molar-refractivity contribution is 5.65. The minimum Gasteiger partial charge on any atom is -0.326 e. The Labute approximate surface area is 81.2 Å². The Hall–Kier alpha value is -1.46. The van der Waals surface area contributed by atoms with Gasteiger partial charge in [0, 0.05) is 24.4 Å². The fourth-order valence-electron chi connectivity index (χ4n) is 1.28. The van der Waals surface area contributed by atoms with Crippen molar-refractivity contribution in [3.8, 4) is 0 Å². The number of rotatable bonds is 2. The van der Waals surface area contributed by atoms with E-state index in [0.717, 1.165) is 0 Å². The van der Waals surface area contributed by atoms with E-state index in [1.165, 1.54) is 11.2 Å². The number of anilines is 1. The zero-order valence-corrected chi connectivity index (χ0v) is 7.57. The maximum atomic E-state index is 13.3. The van der Waals surface area contributed by atoms with Crippen LogP contribution in [0.15, 0.2) is 23.3 Å². The topological polar surface area (TPSA) is 53.6 Å². The molecule has 2 rings (SSSR count). The highest BCUT2D eigenvalue weighted by Crippen LogP contribution is 2.18. The van der Waals surface area contributed by atoms with Crippen molar-refractivity contribution in [1.82, 2.24) is 5.43 Å². The van der Waals surface area contributed by atoms with E-state index in [4.69, 9.17) is 5.73 Å². The minimum absolute atomic E-state index is 0.211. The lowest BCUT2D eigenvalue weighted by Gasteiger charge is -2.14. The van der Waals surface area contributed by atoms with Gasteiger partial charge in [-0.3, -0.25) is 0 Å². The summed E-state index contributed by atoms with van der Waals surface area (Å²) in [6, 6.07) is 4.86. The lowest BCUT2D eigenvalue weighted by atomic mass is 10.2. The molecular formula is C9H11FN4. The van der Waals surface area contributed by atoms with Crippen LogP contribution in [0, 0.1) is 5.82 Å². The van der Waals surface area contributed by atoms with E-state index in [9.17, 15) is 4.39 Å². The van der Waals surface area contributed by atoms with Gasteiger partial charge in [-0.05, 0) is 6.07 Å². The first kappa shape index (κ1) is 9.11. The molecule has 1 aliphatic heterocycles. The Kier molecular flexibility index (Phi) is 2.43. The molecule has 14 heavy (non-hydrogen) atoms. The minimum atomic E-state index is -0.297. The molecule has 0 aliphatic carbocycles. The Morgan fingerprint density at radius 1 is 1.57 bits per heavy atom. The third-order valence-corrected chi connectivity index (χ3v) is 2.03. The Balaban J connectivity index is 2.27. The van der Waals surface area contributed by atoms with Crippen molar-refractivity contribution in [2.75, 3.05) is 11.7 Å². The number of halogens is 1. The van der Waals surface area contributed by atoms with Crippen LogP contribution < -0.4 is 16.3 Å². The lowest BCUT2D eigenvalue weighted by molar-refractivity contribution is 0.608. The second-order valence-electron chi connectivity index (χ2n) is 2.95. The van der Waals surface area contributed by atoms with E-state index < -0.39 is 0 Å². The van der Waals surface area contributed by atoms with Gasteiger partial charge in [0.15, 0.2) is 0 Å². The van der Waals surface area contributed by atoms with E-state index >= 15 is 0 Å². The molecule has 0 bridgehead atoms. The van der Waals surface area contributed by atoms with Crippen LogP contribution in [0.2, 0.25) is 0 Å². The summed E-state index contributed by atoms with van der Waals surface area (Å²) >= 11 is 0. The third kappa shape index (κ3) is 1.59. The summed E-state index contributed by atoms with van der Waals surface area (Å²) in [5.74, 6) is -0.297. The molecule has 3 N–H and O–H groups in total. The molecule has 4 nitrogen and oxygen atoms in total. The van der Waals surface area contributed by atoms with Gasteiger partial charge in [0.25, 0.3) is 0 Å². The van der Waals surface area contributed by atoms with E-state index in [1.54, 1.807) is 18.3 Å². The zero-order chi connectivity index (χ0) is 9.97. The highest BCUT2D eigenvalue weighted by Gasteiger charge is 2.10. The van der Waals surface area contributed by atoms with E-state index in [2.05, 4.69) is 10.5 Å². The average Bonchev–Trinajstić information content (AvgIpc) is 2.70. The SMILES string of the molecule is NCc1ccc(N2N=CCN2)cc1F. The fourth-order valence-corrected chi connectivity index (χ4v) is 1.28. The maximum absolute atomic E-state index is 13.3. The second-order valence-corrected chi connectivity index (χ2v) is 2.95. The van der Waals surface area contributed by atoms with Gasteiger partial charge < -0.3 is 5.73 Å². The number of hydrazone groups is 1. The molecule has 0 saturated heterocycles. The maximum Gasteiger partial charge on any atom is 0.129 e. The molecule has 1 heterocycles. The number of nitrogens with two attached hydrogens (primary N) is 1. The summed E-state index contributed by atoms with van der Waals surface area (Å²) in [5.41, 5.74) is 9.49. The van der Waals surface area contributed by atoms with Crippen molar-refractivity contribution in [3.05, 3.63) is 29.6 Å². The summed E-state index contributed by atoms with van der Waals surface area (Å²) < 4.78 is 13.3. The van der Waals surface area contributed by atoms with Crippen molar-refractivity contribution < 1.29 is 4.39 Å². The number of nitrogens with one attached hydrogen (secondary N) is 1. The van der Waals surface area contributed by atoms with Gasteiger partial charge in [0.2, 0.25) is 0 Å². The Bertz CT molecular complexity index is 364. The predicted molar refractivity (Wildman–Crippen MR) is 53.3 cm³/mol. The smallest absolute Gasteiger partial charge is 0.129 e. The Morgan fingerprint density at radius 3 is 3.00 bits per heavy atom. The van der Waals surface area contributed by atoms with Crippen molar-refractivity contribution in [2.45, 2.75) is 6.54 Å². The molecule has 0 amide bonds. The number of benzene rings is 1. The van der Waals surface area contributed by atoms with Gasteiger partial charge in [-0.15, -0.1) is 0 Å². The molecule has 5 heteroatoms. The molecule has 0 spiro atoms. The van der Waals surface area contributed by atoms with Crippen molar-refractivity contribution in [2.24, 2.45) is 10.8 Å². The number of hydrogen-bond donors (Lipinski definition) is 2. The molecule has 74 valence electrons. The van der Waals surface area contributed by atoms with Gasteiger partial charge in [-0.25, -0.2) is 9.82 Å². The van der Waals surface area contributed by atoms with Crippen LogP contribution in [-0.2, 0) is 6.54 Å². The Morgan fingerprint density at radius 2 is 2.43 bits per heavy atom. The van der Waals surface area contributed by atoms with Gasteiger partial charge in [-0.2, -0.15) is 10.2 Å². The molecular weight excluding hydrogens is 183 g/mol. The standard InChI is InChI=1S/C9H11FN4/c10-9-5-8(2-1-7(9)6-11)14-12-3-4-13-14/h1-3,5,13H,4,6,11H2. The molecule has 0 atom stereocenters. The first-order valence-corrected chi connectivity index (χ1v) is 4.36. The summed E-state index contributed by atoms with van der Waals surface area (Å²) in [6.07, 6.45) is 1.72. The first-order chi connectivity index (χ1) is 6.81. The van der Waals surface area contributed by atoms with E-state index in [0.29, 0.717) is 17.8 Å². The highest BCUT2D eigenvalue weighted by atomic mass is 19.1. The third-order valence-electron chi connectivity index (χ3n) is 2.03. The summed E-state index contributed by atoms with van der Waals surface area (Å²) in [5, 5.41) is 5.53. The molecule has 1 aromatic carbocycles. The van der Waals surface area contributed by atoms with Crippen molar-refractivity contribution >= 4 is 11.9 Å².